The first-order valence-electron chi connectivity index (χ1n) is 8.27. The standard InChI is InChI=1S/C19H19FN2O5/c1-11-16(18(23)26-10-9-25-2)17(22-19(24)21-11)15-8-7-14(27-15)12-3-5-13(20)6-4-12/h3-8,16-17H,1,9-10H2,2H3,(H2,21,22,24)/t16-,17-/m1/s1. The number of methoxy groups -OCH3 is 1. The summed E-state index contributed by atoms with van der Waals surface area (Å²) in [6.07, 6.45) is 0. The Bertz CT molecular complexity index is 846. The van der Waals surface area contributed by atoms with Crippen molar-refractivity contribution in [1.82, 2.24) is 10.6 Å². The minimum Gasteiger partial charge on any atom is -0.463 e. The lowest BCUT2D eigenvalue weighted by atomic mass is 9.93. The van der Waals surface area contributed by atoms with Crippen molar-refractivity contribution in [3.63, 3.8) is 0 Å². The van der Waals surface area contributed by atoms with Gasteiger partial charge in [-0.1, -0.05) is 6.58 Å². The maximum absolute atomic E-state index is 13.1. The molecule has 1 aliphatic rings. The zero-order valence-electron chi connectivity index (χ0n) is 14.7. The summed E-state index contributed by atoms with van der Waals surface area (Å²) in [6.45, 7) is 4.10. The van der Waals surface area contributed by atoms with Gasteiger partial charge in [-0.05, 0) is 36.4 Å². The van der Waals surface area contributed by atoms with E-state index < -0.39 is 24.0 Å². The summed E-state index contributed by atoms with van der Waals surface area (Å²) in [4.78, 5) is 24.3. The third-order valence-corrected chi connectivity index (χ3v) is 4.12. The van der Waals surface area contributed by atoms with Gasteiger partial charge < -0.3 is 24.5 Å². The number of furan rings is 1. The molecule has 2 amide bonds. The molecular formula is C19H19FN2O5. The molecule has 8 heteroatoms. The van der Waals surface area contributed by atoms with Crippen LogP contribution in [0, 0.1) is 11.7 Å². The van der Waals surface area contributed by atoms with Crippen LogP contribution in [0.15, 0.2) is 53.1 Å². The smallest absolute Gasteiger partial charge is 0.319 e. The van der Waals surface area contributed by atoms with Crippen molar-refractivity contribution >= 4 is 12.0 Å². The molecule has 0 bridgehead atoms. The van der Waals surface area contributed by atoms with E-state index in [-0.39, 0.29) is 24.7 Å². The van der Waals surface area contributed by atoms with E-state index in [9.17, 15) is 14.0 Å². The third-order valence-electron chi connectivity index (χ3n) is 4.12. The van der Waals surface area contributed by atoms with E-state index in [0.717, 1.165) is 0 Å². The molecule has 2 aromatic rings. The molecule has 27 heavy (non-hydrogen) atoms. The largest absolute Gasteiger partial charge is 0.463 e. The number of ether oxygens (including phenoxy) is 2. The van der Waals surface area contributed by atoms with Crippen LogP contribution in [0.4, 0.5) is 9.18 Å². The number of nitrogens with one attached hydrogen (secondary N) is 2. The molecule has 1 saturated heterocycles. The van der Waals surface area contributed by atoms with E-state index in [0.29, 0.717) is 17.1 Å². The average molecular weight is 374 g/mol. The number of hydrogen-bond donors (Lipinski definition) is 2. The van der Waals surface area contributed by atoms with Crippen LogP contribution < -0.4 is 10.6 Å². The van der Waals surface area contributed by atoms with Gasteiger partial charge in [-0.3, -0.25) is 4.79 Å². The summed E-state index contributed by atoms with van der Waals surface area (Å²) < 4.78 is 29.0. The molecule has 0 unspecified atom stereocenters. The zero-order chi connectivity index (χ0) is 19.4. The molecule has 1 aromatic heterocycles. The molecule has 3 rings (SSSR count). The van der Waals surface area contributed by atoms with Gasteiger partial charge in [0.2, 0.25) is 0 Å². The minimum atomic E-state index is -0.869. The monoisotopic (exact) mass is 374 g/mol. The van der Waals surface area contributed by atoms with E-state index in [2.05, 4.69) is 17.2 Å². The van der Waals surface area contributed by atoms with Gasteiger partial charge in [-0.2, -0.15) is 0 Å². The fraction of sp³-hybridized carbons (Fsp3) is 0.263. The Morgan fingerprint density at radius 2 is 1.96 bits per heavy atom. The minimum absolute atomic E-state index is 0.0821. The van der Waals surface area contributed by atoms with Crippen molar-refractivity contribution < 1.29 is 27.9 Å². The Balaban J connectivity index is 1.85. The number of rotatable bonds is 6. The van der Waals surface area contributed by atoms with Crippen LogP contribution in [0.3, 0.4) is 0 Å². The molecule has 7 nitrogen and oxygen atoms in total. The van der Waals surface area contributed by atoms with E-state index in [4.69, 9.17) is 13.9 Å². The first-order chi connectivity index (χ1) is 13.0. The highest BCUT2D eigenvalue weighted by atomic mass is 19.1. The number of urea groups is 1. The molecule has 1 aromatic carbocycles. The number of carbonyl (C=O) groups excluding carboxylic acids is 2. The lowest BCUT2D eigenvalue weighted by molar-refractivity contribution is -0.149. The normalized spacial score (nSPS) is 19.3. The summed E-state index contributed by atoms with van der Waals surface area (Å²) in [6, 6.07) is 7.86. The summed E-state index contributed by atoms with van der Waals surface area (Å²) in [5.41, 5.74) is 0.881. The van der Waals surface area contributed by atoms with Gasteiger partial charge in [0.1, 0.15) is 35.9 Å². The number of hydrogen-bond acceptors (Lipinski definition) is 5. The number of benzene rings is 1. The number of esters is 1. The van der Waals surface area contributed by atoms with Crippen LogP contribution in [0.2, 0.25) is 0 Å². The van der Waals surface area contributed by atoms with Crippen LogP contribution >= 0.6 is 0 Å². The lowest BCUT2D eigenvalue weighted by Crippen LogP contribution is -2.51. The molecule has 0 radical (unpaired) electrons. The second-order valence-electron chi connectivity index (χ2n) is 5.95. The predicted molar refractivity (Wildman–Crippen MR) is 94.0 cm³/mol. The van der Waals surface area contributed by atoms with Crippen molar-refractivity contribution in [2.45, 2.75) is 6.04 Å². The molecular weight excluding hydrogens is 355 g/mol. The van der Waals surface area contributed by atoms with E-state index in [1.165, 1.54) is 19.2 Å². The summed E-state index contributed by atoms with van der Waals surface area (Å²) >= 11 is 0. The number of amides is 2. The SMILES string of the molecule is C=C1NC(=O)N[C@H](c2ccc(-c3ccc(F)cc3)o2)[C@@H]1C(=O)OCCOC. The van der Waals surface area contributed by atoms with E-state index >= 15 is 0 Å². The van der Waals surface area contributed by atoms with Gasteiger partial charge in [0.15, 0.2) is 0 Å². The van der Waals surface area contributed by atoms with Gasteiger partial charge in [-0.15, -0.1) is 0 Å². The molecule has 2 heterocycles. The third kappa shape index (κ3) is 4.17. The Morgan fingerprint density at radius 3 is 2.67 bits per heavy atom. The predicted octanol–water partition coefficient (Wildman–Crippen LogP) is 2.76. The fourth-order valence-electron chi connectivity index (χ4n) is 2.80. The van der Waals surface area contributed by atoms with Gasteiger partial charge >= 0.3 is 12.0 Å². The summed E-state index contributed by atoms with van der Waals surface area (Å²) in [5.74, 6) is -0.943. The topological polar surface area (TPSA) is 89.8 Å². The van der Waals surface area contributed by atoms with Gasteiger partial charge in [0.05, 0.1) is 6.61 Å². The van der Waals surface area contributed by atoms with Gasteiger partial charge in [-0.25, -0.2) is 9.18 Å². The van der Waals surface area contributed by atoms with Gasteiger partial charge in [0, 0.05) is 18.4 Å². The van der Waals surface area contributed by atoms with Crippen molar-refractivity contribution in [3.8, 4) is 11.3 Å². The van der Waals surface area contributed by atoms with Crippen molar-refractivity contribution in [2.24, 2.45) is 5.92 Å². The highest BCUT2D eigenvalue weighted by Crippen LogP contribution is 2.33. The second kappa shape index (κ2) is 8.05. The van der Waals surface area contributed by atoms with Crippen LogP contribution in [0.1, 0.15) is 11.8 Å². The molecule has 142 valence electrons. The van der Waals surface area contributed by atoms with Crippen LogP contribution in [-0.4, -0.2) is 32.3 Å². The average Bonchev–Trinajstić information content (AvgIpc) is 3.11. The van der Waals surface area contributed by atoms with E-state index in [1.807, 2.05) is 0 Å². The Hall–Kier alpha value is -3.13. The lowest BCUT2D eigenvalue weighted by Gasteiger charge is -2.31. The number of carbonyl (C=O) groups is 2. The zero-order valence-corrected chi connectivity index (χ0v) is 14.7. The van der Waals surface area contributed by atoms with Crippen molar-refractivity contribution in [3.05, 3.63) is 60.3 Å². The highest BCUT2D eigenvalue weighted by molar-refractivity contribution is 5.85. The summed E-state index contributed by atoms with van der Waals surface area (Å²) in [7, 11) is 1.50. The molecule has 0 aliphatic carbocycles. The fourth-order valence-corrected chi connectivity index (χ4v) is 2.80. The maximum atomic E-state index is 13.1. The van der Waals surface area contributed by atoms with Gasteiger partial charge in [0.25, 0.3) is 0 Å². The van der Waals surface area contributed by atoms with Crippen LogP contribution in [-0.2, 0) is 14.3 Å². The first-order valence-corrected chi connectivity index (χ1v) is 8.27. The van der Waals surface area contributed by atoms with Crippen molar-refractivity contribution in [2.75, 3.05) is 20.3 Å². The molecule has 0 spiro atoms. The highest BCUT2D eigenvalue weighted by Gasteiger charge is 2.40. The Kier molecular flexibility index (Phi) is 5.56. The van der Waals surface area contributed by atoms with Crippen LogP contribution in [0.25, 0.3) is 11.3 Å². The molecule has 1 fully saturated rings. The summed E-state index contributed by atoms with van der Waals surface area (Å²) in [5, 5.41) is 5.15. The second-order valence-corrected chi connectivity index (χ2v) is 5.95. The molecule has 2 N–H and O–H groups in total. The Labute approximate surface area is 155 Å². The molecule has 2 atom stereocenters. The molecule has 0 saturated carbocycles. The van der Waals surface area contributed by atoms with E-state index in [1.54, 1.807) is 24.3 Å². The maximum Gasteiger partial charge on any atom is 0.319 e. The quantitative estimate of drug-likeness (QED) is 0.599. The van der Waals surface area contributed by atoms with Crippen molar-refractivity contribution in [1.29, 1.82) is 0 Å². The molecule has 1 aliphatic heterocycles. The number of halogens is 1. The van der Waals surface area contributed by atoms with Crippen LogP contribution in [0.5, 0.6) is 0 Å². The first kappa shape index (κ1) is 18.7. The Morgan fingerprint density at radius 1 is 1.22 bits per heavy atom.